The summed E-state index contributed by atoms with van der Waals surface area (Å²) < 4.78 is 19.3. The van der Waals surface area contributed by atoms with Crippen LogP contribution in [0.2, 0.25) is 0 Å². The lowest BCUT2D eigenvalue weighted by molar-refractivity contribution is 0.0282. The van der Waals surface area contributed by atoms with E-state index in [0.29, 0.717) is 30.8 Å². The quantitative estimate of drug-likeness (QED) is 0.830. The topological polar surface area (TPSA) is 52.9 Å². The molecule has 2 aromatic carbocycles. The van der Waals surface area contributed by atoms with E-state index in [2.05, 4.69) is 4.90 Å². The molecule has 0 bridgehead atoms. The van der Waals surface area contributed by atoms with E-state index in [1.807, 2.05) is 18.2 Å². The first-order valence-electron chi connectivity index (χ1n) is 8.98. The molecule has 1 aliphatic rings. The molecule has 0 spiro atoms. The number of methoxy groups -OCH3 is 1. The summed E-state index contributed by atoms with van der Waals surface area (Å²) in [6.07, 6.45) is 2.38. The normalized spacial score (nSPS) is 20.9. The number of phenols is 1. The Balaban J connectivity index is 1.73. The molecule has 2 aromatic rings. The number of phenolic OH excluding ortho intramolecular Hbond substituents is 1. The maximum absolute atomic E-state index is 14.1. The van der Waals surface area contributed by atoms with Gasteiger partial charge in [-0.05, 0) is 55.1 Å². The molecule has 0 amide bonds. The van der Waals surface area contributed by atoms with Crippen molar-refractivity contribution in [2.45, 2.75) is 25.8 Å². The van der Waals surface area contributed by atoms with Crippen molar-refractivity contribution >= 4 is 0 Å². The Morgan fingerprint density at radius 2 is 2.04 bits per heavy atom. The van der Waals surface area contributed by atoms with Gasteiger partial charge in [0, 0.05) is 18.5 Å². The van der Waals surface area contributed by atoms with E-state index in [4.69, 9.17) is 4.74 Å². The highest BCUT2D eigenvalue weighted by atomic mass is 19.1. The van der Waals surface area contributed by atoms with E-state index >= 15 is 0 Å². The van der Waals surface area contributed by atoms with Crippen molar-refractivity contribution < 1.29 is 19.3 Å². The molecule has 140 valence electrons. The van der Waals surface area contributed by atoms with Gasteiger partial charge in [0.2, 0.25) is 0 Å². The molecule has 0 unspecified atom stereocenters. The predicted octanol–water partition coefficient (Wildman–Crippen LogP) is 3.36. The lowest BCUT2D eigenvalue weighted by Gasteiger charge is -2.42. The van der Waals surface area contributed by atoms with Crippen molar-refractivity contribution in [1.82, 2.24) is 4.90 Å². The van der Waals surface area contributed by atoms with Crippen LogP contribution in [-0.2, 0) is 13.0 Å². The fourth-order valence-electron chi connectivity index (χ4n) is 3.90. The van der Waals surface area contributed by atoms with E-state index in [1.165, 1.54) is 13.2 Å². The summed E-state index contributed by atoms with van der Waals surface area (Å²) in [6.45, 7) is 2.38. The van der Waals surface area contributed by atoms with Crippen LogP contribution in [0.3, 0.4) is 0 Å². The molecule has 0 radical (unpaired) electrons. The second-order valence-electron chi connectivity index (χ2n) is 7.25. The lowest BCUT2D eigenvalue weighted by atomic mass is 9.75. The molecule has 26 heavy (non-hydrogen) atoms. The van der Waals surface area contributed by atoms with Crippen molar-refractivity contribution in [2.75, 3.05) is 26.8 Å². The van der Waals surface area contributed by atoms with Crippen LogP contribution in [0.5, 0.6) is 11.5 Å². The average molecular weight is 359 g/mol. The minimum absolute atomic E-state index is 0.0384. The van der Waals surface area contributed by atoms with Gasteiger partial charge in [0.05, 0.1) is 13.7 Å². The number of piperidine rings is 1. The number of hydrogen-bond donors (Lipinski definition) is 2. The van der Waals surface area contributed by atoms with Crippen LogP contribution in [0.25, 0.3) is 0 Å². The molecule has 1 heterocycles. The lowest BCUT2D eigenvalue weighted by Crippen LogP contribution is -2.46. The minimum Gasteiger partial charge on any atom is -0.504 e. The van der Waals surface area contributed by atoms with Crippen LogP contribution in [0.4, 0.5) is 4.39 Å². The first-order chi connectivity index (χ1) is 12.5. The Bertz CT molecular complexity index is 752. The number of aliphatic hydroxyl groups excluding tert-OH is 1. The zero-order valence-corrected chi connectivity index (χ0v) is 15.1. The number of benzene rings is 2. The van der Waals surface area contributed by atoms with Gasteiger partial charge in [-0.15, -0.1) is 0 Å². The second kappa shape index (κ2) is 8.06. The first kappa shape index (κ1) is 18.7. The third-order valence-electron chi connectivity index (χ3n) is 5.25. The Morgan fingerprint density at radius 3 is 2.77 bits per heavy atom. The van der Waals surface area contributed by atoms with Gasteiger partial charge in [0.1, 0.15) is 5.82 Å². The maximum atomic E-state index is 14.1. The molecule has 1 fully saturated rings. The second-order valence-corrected chi connectivity index (χ2v) is 7.25. The Hall–Kier alpha value is -2.11. The molecule has 2 N–H and O–H groups in total. The highest BCUT2D eigenvalue weighted by Crippen LogP contribution is 2.35. The average Bonchev–Trinajstić information content (AvgIpc) is 2.65. The summed E-state index contributed by atoms with van der Waals surface area (Å²) in [4.78, 5) is 2.28. The molecule has 0 saturated carbocycles. The summed E-state index contributed by atoms with van der Waals surface area (Å²) in [5, 5.41) is 19.8. The van der Waals surface area contributed by atoms with Crippen molar-refractivity contribution in [2.24, 2.45) is 5.41 Å². The molecule has 4 nitrogen and oxygen atoms in total. The molecule has 1 saturated heterocycles. The SMILES string of the molecule is COc1cc(CN2CCC[C@](CO)(Cc3ccccc3F)C2)ccc1O. The third-order valence-corrected chi connectivity index (χ3v) is 5.25. The number of ether oxygens (including phenoxy) is 1. The van der Waals surface area contributed by atoms with Crippen LogP contribution < -0.4 is 4.74 Å². The molecule has 0 aromatic heterocycles. The molecular weight excluding hydrogens is 333 g/mol. The van der Waals surface area contributed by atoms with Gasteiger partial charge < -0.3 is 14.9 Å². The van der Waals surface area contributed by atoms with Gasteiger partial charge in [-0.1, -0.05) is 24.3 Å². The highest BCUT2D eigenvalue weighted by Gasteiger charge is 2.35. The van der Waals surface area contributed by atoms with Crippen LogP contribution in [0.15, 0.2) is 42.5 Å². The molecule has 1 aliphatic heterocycles. The van der Waals surface area contributed by atoms with Gasteiger partial charge in [0.25, 0.3) is 0 Å². The van der Waals surface area contributed by atoms with Crippen molar-refractivity contribution in [3.63, 3.8) is 0 Å². The maximum Gasteiger partial charge on any atom is 0.160 e. The molecular formula is C21H26FNO3. The molecule has 0 aliphatic carbocycles. The van der Waals surface area contributed by atoms with Crippen molar-refractivity contribution in [3.8, 4) is 11.5 Å². The van der Waals surface area contributed by atoms with Crippen LogP contribution >= 0.6 is 0 Å². The van der Waals surface area contributed by atoms with Crippen LogP contribution in [0, 0.1) is 11.2 Å². The summed E-state index contributed by atoms with van der Waals surface area (Å²) in [5.74, 6) is 0.374. The van der Waals surface area contributed by atoms with E-state index in [1.54, 1.807) is 18.2 Å². The van der Waals surface area contributed by atoms with E-state index in [9.17, 15) is 14.6 Å². The first-order valence-corrected chi connectivity index (χ1v) is 8.98. The standard InChI is InChI=1S/C21H26FNO3/c1-26-20-11-16(7-8-19(20)25)13-23-10-4-9-21(14-23,15-24)12-17-5-2-3-6-18(17)22/h2-3,5-8,11,24-25H,4,9-10,12-15H2,1H3/t21-/m0/s1. The summed E-state index contributed by atoms with van der Waals surface area (Å²) in [6, 6.07) is 12.2. The van der Waals surface area contributed by atoms with Gasteiger partial charge in [-0.2, -0.15) is 0 Å². The van der Waals surface area contributed by atoms with Crippen molar-refractivity contribution in [1.29, 1.82) is 0 Å². The highest BCUT2D eigenvalue weighted by molar-refractivity contribution is 5.41. The third kappa shape index (κ3) is 4.17. The Morgan fingerprint density at radius 1 is 1.23 bits per heavy atom. The fourth-order valence-corrected chi connectivity index (χ4v) is 3.90. The number of aliphatic hydroxyl groups is 1. The zero-order chi connectivity index (χ0) is 18.6. The summed E-state index contributed by atoms with van der Waals surface area (Å²) >= 11 is 0. The van der Waals surface area contributed by atoms with Crippen molar-refractivity contribution in [3.05, 3.63) is 59.4 Å². The van der Waals surface area contributed by atoms with Gasteiger partial charge in [-0.25, -0.2) is 4.39 Å². The predicted molar refractivity (Wildman–Crippen MR) is 98.8 cm³/mol. The number of nitrogens with zero attached hydrogens (tertiary/aromatic N) is 1. The number of aromatic hydroxyl groups is 1. The van der Waals surface area contributed by atoms with Crippen LogP contribution in [0.1, 0.15) is 24.0 Å². The van der Waals surface area contributed by atoms with Gasteiger partial charge >= 0.3 is 0 Å². The number of halogens is 1. The van der Waals surface area contributed by atoms with Gasteiger partial charge in [0.15, 0.2) is 11.5 Å². The monoisotopic (exact) mass is 359 g/mol. The summed E-state index contributed by atoms with van der Waals surface area (Å²) in [5.41, 5.74) is 1.37. The smallest absolute Gasteiger partial charge is 0.160 e. The molecule has 3 rings (SSSR count). The zero-order valence-electron chi connectivity index (χ0n) is 15.1. The van der Waals surface area contributed by atoms with E-state index < -0.39 is 0 Å². The number of likely N-dealkylation sites (tertiary alicyclic amines) is 1. The van der Waals surface area contributed by atoms with Gasteiger partial charge in [-0.3, -0.25) is 4.90 Å². The molecule has 1 atom stereocenters. The van der Waals surface area contributed by atoms with Crippen LogP contribution in [-0.4, -0.2) is 41.9 Å². The molecule has 5 heteroatoms. The fraction of sp³-hybridized carbons (Fsp3) is 0.429. The Kier molecular flexibility index (Phi) is 5.79. The van der Waals surface area contributed by atoms with E-state index in [0.717, 1.165) is 24.9 Å². The number of hydrogen-bond acceptors (Lipinski definition) is 4. The summed E-state index contributed by atoms with van der Waals surface area (Å²) in [7, 11) is 1.53. The largest absolute Gasteiger partial charge is 0.504 e. The van der Waals surface area contributed by atoms with E-state index in [-0.39, 0.29) is 23.6 Å². The Labute approximate surface area is 153 Å². The minimum atomic E-state index is -0.332. The number of rotatable bonds is 6.